The van der Waals surface area contributed by atoms with Crippen molar-refractivity contribution in [3.8, 4) is 0 Å². The van der Waals surface area contributed by atoms with Crippen molar-refractivity contribution >= 4 is 78.9 Å². The molecule has 1 N–H and O–H groups in total. The zero-order valence-corrected chi connectivity index (χ0v) is 24.8. The lowest BCUT2D eigenvalue weighted by Gasteiger charge is -2.22. The molecule has 40 heavy (non-hydrogen) atoms. The van der Waals surface area contributed by atoms with E-state index in [1.165, 1.54) is 28.0 Å². The van der Waals surface area contributed by atoms with Gasteiger partial charge < -0.3 is 5.11 Å². The predicted molar refractivity (Wildman–Crippen MR) is 160 cm³/mol. The van der Waals surface area contributed by atoms with Crippen LogP contribution in [0.15, 0.2) is 87.3 Å². The van der Waals surface area contributed by atoms with E-state index in [0.717, 1.165) is 10.0 Å². The molecule has 1 unspecified atom stereocenters. The molecule has 0 aliphatic carbocycles. The van der Waals surface area contributed by atoms with Crippen LogP contribution in [-0.4, -0.2) is 36.4 Å². The number of nitrogens with zero attached hydrogens (tertiary/aromatic N) is 5. The lowest BCUT2D eigenvalue weighted by atomic mass is 9.96. The van der Waals surface area contributed by atoms with Gasteiger partial charge in [0.15, 0.2) is 10.1 Å². The van der Waals surface area contributed by atoms with Gasteiger partial charge in [0.1, 0.15) is 11.3 Å². The van der Waals surface area contributed by atoms with Crippen molar-refractivity contribution in [3.63, 3.8) is 0 Å². The van der Waals surface area contributed by atoms with Crippen molar-refractivity contribution in [1.29, 1.82) is 0 Å². The van der Waals surface area contributed by atoms with Gasteiger partial charge in [0, 0.05) is 21.4 Å². The Morgan fingerprint density at radius 2 is 1.90 bits per heavy atom. The van der Waals surface area contributed by atoms with Gasteiger partial charge in [0.05, 0.1) is 17.3 Å². The Morgan fingerprint density at radius 3 is 2.67 bits per heavy atom. The van der Waals surface area contributed by atoms with Gasteiger partial charge in [-0.3, -0.25) is 18.9 Å². The summed E-state index contributed by atoms with van der Waals surface area (Å²) in [6.07, 6.45) is 1.75. The maximum Gasteiger partial charge on any atom is 0.301 e. The van der Waals surface area contributed by atoms with Crippen molar-refractivity contribution in [1.82, 2.24) is 19.6 Å². The highest BCUT2D eigenvalue weighted by Gasteiger charge is 2.49. The SMILES string of the molecule is Cc1nc2ccccn2c1/C(O)=C1\C(=O)C(=O)N(c2nnc(SCc3ccc(Cl)cc3)s2)C1c1cccc(Br)c1. The highest BCUT2D eigenvalue weighted by molar-refractivity contribution is 9.10. The zero-order chi connectivity index (χ0) is 28.0. The normalized spacial score (nSPS) is 16.8. The van der Waals surface area contributed by atoms with Crippen LogP contribution in [0.4, 0.5) is 5.13 Å². The number of ketones is 1. The maximum atomic E-state index is 13.6. The van der Waals surface area contributed by atoms with Crippen LogP contribution < -0.4 is 4.90 Å². The number of imidazole rings is 1. The molecule has 8 nitrogen and oxygen atoms in total. The first kappa shape index (κ1) is 26.7. The number of carbonyl (C=O) groups excluding carboxylic acids is 2. The number of carbonyl (C=O) groups is 2. The summed E-state index contributed by atoms with van der Waals surface area (Å²) < 4.78 is 3.10. The second-order valence-corrected chi connectivity index (χ2v) is 12.5. The molecule has 12 heteroatoms. The number of fused-ring (bicyclic) bond motifs is 1. The number of Topliss-reactive ketones (excluding diaryl/α,β-unsaturated/α-hetero) is 1. The molecule has 1 fully saturated rings. The Bertz CT molecular complexity index is 1820. The molecule has 1 aliphatic rings. The molecule has 0 saturated carbocycles. The number of benzene rings is 2. The van der Waals surface area contributed by atoms with Crippen molar-refractivity contribution < 1.29 is 14.7 Å². The topological polar surface area (TPSA) is 101 Å². The molecule has 0 bridgehead atoms. The number of hydrogen-bond donors (Lipinski definition) is 1. The smallest absolute Gasteiger partial charge is 0.301 e. The van der Waals surface area contributed by atoms with E-state index in [-0.39, 0.29) is 16.5 Å². The van der Waals surface area contributed by atoms with Gasteiger partial charge in [0.25, 0.3) is 5.78 Å². The Kier molecular flexibility index (Phi) is 7.22. The van der Waals surface area contributed by atoms with E-state index < -0.39 is 17.7 Å². The molecule has 6 rings (SSSR count). The first-order valence-electron chi connectivity index (χ1n) is 12.0. The van der Waals surface area contributed by atoms with E-state index in [0.29, 0.717) is 37.7 Å². The molecule has 1 amide bonds. The quantitative estimate of drug-likeness (QED) is 0.0706. The van der Waals surface area contributed by atoms with Crippen molar-refractivity contribution in [2.75, 3.05) is 4.90 Å². The molecule has 0 radical (unpaired) electrons. The maximum absolute atomic E-state index is 13.6. The van der Waals surface area contributed by atoms with Crippen LogP contribution in [0, 0.1) is 6.92 Å². The average Bonchev–Trinajstić information content (AvgIpc) is 3.62. The number of thioether (sulfide) groups is 1. The standard InChI is InChI=1S/C28H19BrClN5O3S2/c1-15-22(34-12-3-2-7-20(34)31-15)24(36)21-23(17-5-4-6-18(29)13-17)35(26(38)25(21)37)27-32-33-28(40-27)39-14-16-8-10-19(30)11-9-16/h2-13,23,36H,14H2,1H3/b24-21+. The van der Waals surface area contributed by atoms with E-state index in [9.17, 15) is 14.7 Å². The van der Waals surface area contributed by atoms with Gasteiger partial charge in [-0.25, -0.2) is 4.98 Å². The summed E-state index contributed by atoms with van der Waals surface area (Å²) in [7, 11) is 0. The van der Waals surface area contributed by atoms with Crippen molar-refractivity contribution in [2.24, 2.45) is 0 Å². The third-order valence-electron chi connectivity index (χ3n) is 6.41. The van der Waals surface area contributed by atoms with E-state index in [2.05, 4.69) is 31.1 Å². The third-order valence-corrected chi connectivity index (χ3v) is 9.29. The fourth-order valence-electron chi connectivity index (χ4n) is 4.63. The van der Waals surface area contributed by atoms with Crippen LogP contribution in [0.2, 0.25) is 5.02 Å². The van der Waals surface area contributed by atoms with Crippen molar-refractivity contribution in [2.45, 2.75) is 23.1 Å². The Balaban J connectivity index is 1.43. The predicted octanol–water partition coefficient (Wildman–Crippen LogP) is 6.83. The first-order valence-corrected chi connectivity index (χ1v) is 15.0. The highest BCUT2D eigenvalue weighted by atomic mass is 79.9. The summed E-state index contributed by atoms with van der Waals surface area (Å²) in [5.41, 5.74) is 3.14. The van der Waals surface area contributed by atoms with Gasteiger partial charge in [-0.15, -0.1) is 10.2 Å². The molecule has 200 valence electrons. The summed E-state index contributed by atoms with van der Waals surface area (Å²) in [5, 5.41) is 21.1. The lowest BCUT2D eigenvalue weighted by molar-refractivity contribution is -0.132. The summed E-state index contributed by atoms with van der Waals surface area (Å²) >= 11 is 12.2. The van der Waals surface area contributed by atoms with Gasteiger partial charge in [0.2, 0.25) is 5.13 Å². The number of anilines is 1. The molecule has 4 heterocycles. The van der Waals surface area contributed by atoms with E-state index >= 15 is 0 Å². The second kappa shape index (κ2) is 10.8. The number of hydrogen-bond acceptors (Lipinski definition) is 8. The van der Waals surface area contributed by atoms with Crippen LogP contribution in [0.5, 0.6) is 0 Å². The van der Waals surface area contributed by atoms with E-state index in [1.54, 1.807) is 35.7 Å². The number of aromatic nitrogens is 4. The number of pyridine rings is 1. The molecule has 1 atom stereocenters. The van der Waals surface area contributed by atoms with Gasteiger partial charge in [-0.05, 0) is 54.4 Å². The summed E-state index contributed by atoms with van der Waals surface area (Å²) in [4.78, 5) is 33.0. The number of rotatable bonds is 6. The van der Waals surface area contributed by atoms with Gasteiger partial charge in [-0.2, -0.15) is 0 Å². The molecular weight excluding hydrogens is 634 g/mol. The van der Waals surface area contributed by atoms with Crippen LogP contribution in [0.3, 0.4) is 0 Å². The number of aliphatic hydroxyl groups excluding tert-OH is 1. The fourth-order valence-corrected chi connectivity index (χ4v) is 7.00. The average molecular weight is 653 g/mol. The summed E-state index contributed by atoms with van der Waals surface area (Å²) in [6, 6.07) is 19.3. The van der Waals surface area contributed by atoms with Crippen LogP contribution >= 0.6 is 50.6 Å². The molecule has 5 aromatic rings. The minimum atomic E-state index is -0.923. The monoisotopic (exact) mass is 651 g/mol. The number of aryl methyl sites for hydroxylation is 1. The Labute approximate surface area is 250 Å². The number of halogens is 2. The summed E-state index contributed by atoms with van der Waals surface area (Å²) in [6.45, 7) is 1.75. The number of aliphatic hydroxyl groups is 1. The molecule has 1 saturated heterocycles. The third kappa shape index (κ3) is 4.83. The van der Waals surface area contributed by atoms with Crippen LogP contribution in [-0.2, 0) is 15.3 Å². The zero-order valence-electron chi connectivity index (χ0n) is 20.8. The highest BCUT2D eigenvalue weighted by Crippen LogP contribution is 2.44. The molecule has 3 aromatic heterocycles. The van der Waals surface area contributed by atoms with Crippen LogP contribution in [0.25, 0.3) is 11.4 Å². The molecular formula is C28H19BrClN5O3S2. The first-order chi connectivity index (χ1) is 19.3. The van der Waals surface area contributed by atoms with Gasteiger partial charge in [-0.1, -0.05) is 81.0 Å². The molecule has 1 aliphatic heterocycles. The fraction of sp³-hybridized carbons (Fsp3) is 0.107. The largest absolute Gasteiger partial charge is 0.505 e. The Morgan fingerprint density at radius 1 is 1.10 bits per heavy atom. The van der Waals surface area contributed by atoms with Crippen molar-refractivity contribution in [3.05, 3.63) is 111 Å². The minimum Gasteiger partial charge on any atom is -0.505 e. The molecule has 2 aromatic carbocycles. The summed E-state index contributed by atoms with van der Waals surface area (Å²) in [5.74, 6) is -1.27. The van der Waals surface area contributed by atoms with E-state index in [4.69, 9.17) is 11.6 Å². The molecule has 0 spiro atoms. The van der Waals surface area contributed by atoms with Crippen LogP contribution in [0.1, 0.15) is 28.6 Å². The van der Waals surface area contributed by atoms with Gasteiger partial charge >= 0.3 is 5.91 Å². The second-order valence-electron chi connectivity index (χ2n) is 8.96. The Hall–Kier alpha value is -3.51. The number of amides is 1. The van der Waals surface area contributed by atoms with E-state index in [1.807, 2.05) is 48.5 Å². The minimum absolute atomic E-state index is 0.0394. The lowest BCUT2D eigenvalue weighted by Crippen LogP contribution is -2.29.